The van der Waals surface area contributed by atoms with Crippen LogP contribution in [0.5, 0.6) is 0 Å². The Morgan fingerprint density at radius 1 is 1.47 bits per heavy atom. The third-order valence-corrected chi connectivity index (χ3v) is 3.14. The Morgan fingerprint density at radius 3 is 3.12 bits per heavy atom. The maximum atomic E-state index is 9.01. The molecule has 0 aromatic carbocycles. The fourth-order valence-corrected chi connectivity index (χ4v) is 2.27. The molecule has 1 unspecified atom stereocenters. The highest BCUT2D eigenvalue weighted by Gasteiger charge is 2.11. The molecule has 0 fully saturated rings. The van der Waals surface area contributed by atoms with E-state index in [0.29, 0.717) is 12.1 Å². The van der Waals surface area contributed by atoms with Crippen molar-refractivity contribution in [3.63, 3.8) is 0 Å². The van der Waals surface area contributed by atoms with Crippen molar-refractivity contribution in [1.82, 2.24) is 19.9 Å². The monoisotopic (exact) mass is 253 g/mol. The van der Waals surface area contributed by atoms with Gasteiger partial charge in [0, 0.05) is 18.4 Å². The van der Waals surface area contributed by atoms with Crippen molar-refractivity contribution >= 4 is 28.7 Å². The van der Waals surface area contributed by atoms with Gasteiger partial charge in [-0.3, -0.25) is 0 Å². The summed E-state index contributed by atoms with van der Waals surface area (Å²) in [4.78, 5) is 15.3. The molecule has 92 valence electrons. The third-order valence-electron chi connectivity index (χ3n) is 2.41. The van der Waals surface area contributed by atoms with E-state index in [1.165, 1.54) is 6.33 Å². The van der Waals surface area contributed by atoms with Gasteiger partial charge in [-0.2, -0.15) is 11.8 Å². The number of aromatic amines is 1. The topological polar surface area (TPSA) is 86.7 Å². The third kappa shape index (κ3) is 2.86. The number of H-pyrrole nitrogens is 1. The van der Waals surface area contributed by atoms with Gasteiger partial charge in [0.1, 0.15) is 11.8 Å². The lowest BCUT2D eigenvalue weighted by Gasteiger charge is -2.17. The Hall–Kier alpha value is -1.34. The summed E-state index contributed by atoms with van der Waals surface area (Å²) in [6.07, 6.45) is 5.82. The van der Waals surface area contributed by atoms with Gasteiger partial charge in [-0.05, 0) is 12.7 Å². The van der Waals surface area contributed by atoms with Gasteiger partial charge in [-0.15, -0.1) is 0 Å². The number of aliphatic hydroxyl groups is 1. The summed E-state index contributed by atoms with van der Waals surface area (Å²) in [7, 11) is 0. The molecule has 7 heteroatoms. The van der Waals surface area contributed by atoms with Gasteiger partial charge < -0.3 is 15.4 Å². The van der Waals surface area contributed by atoms with Crippen LogP contribution in [-0.2, 0) is 0 Å². The van der Waals surface area contributed by atoms with E-state index in [1.54, 1.807) is 18.1 Å². The summed E-state index contributed by atoms with van der Waals surface area (Å²) >= 11 is 1.73. The highest BCUT2D eigenvalue weighted by Crippen LogP contribution is 2.17. The van der Waals surface area contributed by atoms with E-state index >= 15 is 0 Å². The molecule has 0 aliphatic rings. The number of aliphatic hydroxyl groups excluding tert-OH is 1. The highest BCUT2D eigenvalue weighted by atomic mass is 32.2. The summed E-state index contributed by atoms with van der Waals surface area (Å²) in [5, 5.41) is 12.3. The van der Waals surface area contributed by atoms with Crippen LogP contribution in [0, 0.1) is 0 Å². The Balaban J connectivity index is 2.18. The number of imidazole rings is 1. The number of hydrogen-bond donors (Lipinski definition) is 3. The molecule has 17 heavy (non-hydrogen) atoms. The first-order chi connectivity index (χ1) is 8.35. The first kappa shape index (κ1) is 12.1. The molecule has 0 aliphatic carbocycles. The summed E-state index contributed by atoms with van der Waals surface area (Å²) < 4.78 is 0. The van der Waals surface area contributed by atoms with Crippen molar-refractivity contribution in [2.24, 2.45) is 0 Å². The van der Waals surface area contributed by atoms with E-state index in [1.807, 2.05) is 6.26 Å². The quantitative estimate of drug-likeness (QED) is 0.708. The van der Waals surface area contributed by atoms with Gasteiger partial charge >= 0.3 is 0 Å². The lowest BCUT2D eigenvalue weighted by atomic mass is 10.2. The minimum Gasteiger partial charge on any atom is -0.396 e. The summed E-state index contributed by atoms with van der Waals surface area (Å²) in [6.45, 7) is 0.162. The molecule has 0 saturated carbocycles. The number of aromatic nitrogens is 4. The molecule has 3 N–H and O–H groups in total. The van der Waals surface area contributed by atoms with Crippen molar-refractivity contribution in [3.05, 3.63) is 12.7 Å². The zero-order valence-corrected chi connectivity index (χ0v) is 10.4. The minimum atomic E-state index is 0.162. The molecule has 2 aromatic rings. The van der Waals surface area contributed by atoms with Crippen LogP contribution < -0.4 is 5.32 Å². The predicted molar refractivity (Wildman–Crippen MR) is 69.2 cm³/mol. The molecule has 0 radical (unpaired) electrons. The molecular weight excluding hydrogens is 238 g/mol. The number of rotatable bonds is 6. The van der Waals surface area contributed by atoms with Gasteiger partial charge in [0.25, 0.3) is 0 Å². The fraction of sp³-hybridized carbons (Fsp3) is 0.500. The summed E-state index contributed by atoms with van der Waals surface area (Å²) in [5.41, 5.74) is 1.45. The zero-order valence-electron chi connectivity index (χ0n) is 9.55. The Kier molecular flexibility index (Phi) is 4.16. The number of nitrogens with zero attached hydrogens (tertiary/aromatic N) is 3. The lowest BCUT2D eigenvalue weighted by Crippen LogP contribution is -2.24. The van der Waals surface area contributed by atoms with Crippen LogP contribution in [-0.4, -0.2) is 49.7 Å². The average Bonchev–Trinajstić information content (AvgIpc) is 2.79. The lowest BCUT2D eigenvalue weighted by molar-refractivity contribution is 0.282. The van der Waals surface area contributed by atoms with Crippen molar-refractivity contribution < 1.29 is 5.11 Å². The van der Waals surface area contributed by atoms with E-state index in [-0.39, 0.29) is 12.6 Å². The minimum absolute atomic E-state index is 0.162. The maximum Gasteiger partial charge on any atom is 0.182 e. The summed E-state index contributed by atoms with van der Waals surface area (Å²) in [5.74, 6) is 1.65. The number of thioether (sulfide) groups is 1. The first-order valence-electron chi connectivity index (χ1n) is 5.35. The molecule has 2 aromatic heterocycles. The van der Waals surface area contributed by atoms with Crippen LogP contribution in [0.25, 0.3) is 11.2 Å². The number of nitrogens with one attached hydrogen (secondary N) is 2. The standard InChI is InChI=1S/C10H15N5OS/c1-17-4-7(2-3-16)15-10-8-9(12-5-11-8)13-6-14-10/h5-7,16H,2-4H2,1H3,(H2,11,12,13,14,15). The Labute approximate surface area is 103 Å². The van der Waals surface area contributed by atoms with Crippen molar-refractivity contribution in [2.45, 2.75) is 12.5 Å². The van der Waals surface area contributed by atoms with Crippen molar-refractivity contribution in [1.29, 1.82) is 0 Å². The molecule has 6 nitrogen and oxygen atoms in total. The second-order valence-corrected chi connectivity index (χ2v) is 4.54. The molecule has 0 amide bonds. The van der Waals surface area contributed by atoms with Crippen LogP contribution in [0.4, 0.5) is 5.82 Å². The van der Waals surface area contributed by atoms with Crippen LogP contribution in [0.15, 0.2) is 12.7 Å². The molecule has 2 rings (SSSR count). The van der Waals surface area contributed by atoms with Crippen LogP contribution in [0.3, 0.4) is 0 Å². The molecular formula is C10H15N5OS. The van der Waals surface area contributed by atoms with Crippen molar-refractivity contribution in [3.8, 4) is 0 Å². The molecule has 2 heterocycles. The second-order valence-electron chi connectivity index (χ2n) is 3.63. The van der Waals surface area contributed by atoms with Gasteiger partial charge in [-0.1, -0.05) is 0 Å². The Morgan fingerprint density at radius 2 is 2.35 bits per heavy atom. The maximum absolute atomic E-state index is 9.01. The van der Waals surface area contributed by atoms with Gasteiger partial charge in [-0.25, -0.2) is 15.0 Å². The van der Waals surface area contributed by atoms with Gasteiger partial charge in [0.2, 0.25) is 0 Å². The largest absolute Gasteiger partial charge is 0.396 e. The van der Waals surface area contributed by atoms with Crippen LogP contribution >= 0.6 is 11.8 Å². The smallest absolute Gasteiger partial charge is 0.182 e. The number of anilines is 1. The van der Waals surface area contributed by atoms with Gasteiger partial charge in [0.05, 0.1) is 6.33 Å². The SMILES string of the molecule is CSCC(CCO)Nc1ncnc2nc[nH]c12. The predicted octanol–water partition coefficient (Wildman–Crippen LogP) is 0.879. The number of hydrogen-bond acceptors (Lipinski definition) is 6. The zero-order chi connectivity index (χ0) is 12.1. The fourth-order valence-electron chi connectivity index (χ4n) is 1.62. The molecule has 0 bridgehead atoms. The molecule has 1 atom stereocenters. The van der Waals surface area contributed by atoms with E-state index in [9.17, 15) is 0 Å². The van der Waals surface area contributed by atoms with Gasteiger partial charge in [0.15, 0.2) is 11.5 Å². The van der Waals surface area contributed by atoms with E-state index < -0.39 is 0 Å². The van der Waals surface area contributed by atoms with Crippen molar-refractivity contribution in [2.75, 3.05) is 23.9 Å². The second kappa shape index (κ2) is 5.83. The summed E-state index contributed by atoms with van der Waals surface area (Å²) in [6, 6.07) is 0.191. The molecule has 0 saturated heterocycles. The van der Waals surface area contributed by atoms with Crippen LogP contribution in [0.2, 0.25) is 0 Å². The van der Waals surface area contributed by atoms with E-state index in [4.69, 9.17) is 5.11 Å². The normalized spacial score (nSPS) is 12.8. The first-order valence-corrected chi connectivity index (χ1v) is 6.75. The molecule has 0 spiro atoms. The number of fused-ring (bicyclic) bond motifs is 1. The van der Waals surface area contributed by atoms with E-state index in [0.717, 1.165) is 17.1 Å². The molecule has 0 aliphatic heterocycles. The average molecular weight is 253 g/mol. The highest BCUT2D eigenvalue weighted by molar-refractivity contribution is 7.98. The van der Waals surface area contributed by atoms with E-state index in [2.05, 4.69) is 25.3 Å². The van der Waals surface area contributed by atoms with Crippen LogP contribution in [0.1, 0.15) is 6.42 Å². The Bertz CT molecular complexity index is 468.